The summed E-state index contributed by atoms with van der Waals surface area (Å²) in [6.45, 7) is 2.14. The van der Waals surface area contributed by atoms with Crippen LogP contribution in [0.2, 0.25) is 0 Å². The van der Waals surface area contributed by atoms with E-state index in [1.807, 2.05) is 24.3 Å². The van der Waals surface area contributed by atoms with Gasteiger partial charge in [0.25, 0.3) is 0 Å². The van der Waals surface area contributed by atoms with Gasteiger partial charge >= 0.3 is 0 Å². The molecule has 0 radical (unpaired) electrons. The zero-order valence-corrected chi connectivity index (χ0v) is 8.53. The van der Waals surface area contributed by atoms with Gasteiger partial charge in [-0.15, -0.1) is 0 Å². The molecule has 1 aromatic carbocycles. The lowest BCUT2D eigenvalue weighted by Crippen LogP contribution is -2.11. The van der Waals surface area contributed by atoms with Gasteiger partial charge in [-0.3, -0.25) is 0 Å². The molecule has 0 fully saturated rings. The number of hydrogen-bond donors (Lipinski definition) is 1. The highest BCUT2D eigenvalue weighted by molar-refractivity contribution is 5.39. The van der Waals surface area contributed by atoms with Crippen molar-refractivity contribution in [3.63, 3.8) is 0 Å². The highest BCUT2D eigenvalue weighted by Gasteiger charge is 2.09. The second-order valence-corrected chi connectivity index (χ2v) is 3.45. The van der Waals surface area contributed by atoms with Gasteiger partial charge in [0.05, 0.1) is 11.6 Å². The Kier molecular flexibility index (Phi) is 4.15. The van der Waals surface area contributed by atoms with Crippen LogP contribution in [0.4, 0.5) is 0 Å². The monoisotopic (exact) mass is 188 g/mol. The van der Waals surface area contributed by atoms with Crippen molar-refractivity contribution in [1.29, 1.82) is 5.26 Å². The van der Waals surface area contributed by atoms with Crippen LogP contribution < -0.4 is 5.73 Å². The summed E-state index contributed by atoms with van der Waals surface area (Å²) in [5, 5.41) is 8.89. The molecule has 1 atom stereocenters. The van der Waals surface area contributed by atoms with Crippen molar-refractivity contribution in [2.24, 2.45) is 5.73 Å². The predicted octanol–water partition coefficient (Wildman–Crippen LogP) is 2.75. The van der Waals surface area contributed by atoms with Gasteiger partial charge in [-0.1, -0.05) is 38.0 Å². The zero-order chi connectivity index (χ0) is 10.4. The molecule has 0 aliphatic rings. The Labute approximate surface area is 85.4 Å². The fourth-order valence-corrected chi connectivity index (χ4v) is 1.50. The number of nitriles is 1. The molecule has 0 bridgehead atoms. The van der Waals surface area contributed by atoms with Crippen LogP contribution in [-0.2, 0) is 0 Å². The summed E-state index contributed by atoms with van der Waals surface area (Å²) in [4.78, 5) is 0. The third-order valence-electron chi connectivity index (χ3n) is 2.35. The summed E-state index contributed by atoms with van der Waals surface area (Å²) in [5.74, 6) is 0. The van der Waals surface area contributed by atoms with E-state index < -0.39 is 0 Å². The maximum absolute atomic E-state index is 8.89. The average Bonchev–Trinajstić information content (AvgIpc) is 2.25. The molecule has 0 saturated heterocycles. The lowest BCUT2D eigenvalue weighted by atomic mass is 9.98. The third-order valence-corrected chi connectivity index (χ3v) is 2.35. The molecule has 0 heterocycles. The van der Waals surface area contributed by atoms with Gasteiger partial charge in [-0.05, 0) is 18.1 Å². The Morgan fingerprint density at radius 1 is 1.43 bits per heavy atom. The van der Waals surface area contributed by atoms with E-state index in [9.17, 15) is 0 Å². The van der Waals surface area contributed by atoms with Crippen molar-refractivity contribution in [2.75, 3.05) is 0 Å². The van der Waals surface area contributed by atoms with E-state index in [0.717, 1.165) is 24.8 Å². The van der Waals surface area contributed by atoms with E-state index in [-0.39, 0.29) is 6.04 Å². The van der Waals surface area contributed by atoms with Crippen molar-refractivity contribution in [3.8, 4) is 6.07 Å². The highest BCUT2D eigenvalue weighted by Crippen LogP contribution is 2.19. The van der Waals surface area contributed by atoms with Crippen molar-refractivity contribution >= 4 is 0 Å². The molecule has 2 heteroatoms. The van der Waals surface area contributed by atoms with Crippen molar-refractivity contribution in [3.05, 3.63) is 35.4 Å². The minimum atomic E-state index is 0.00537. The molecule has 2 nitrogen and oxygen atoms in total. The number of hydrogen-bond acceptors (Lipinski definition) is 2. The molecule has 1 aromatic rings. The van der Waals surface area contributed by atoms with Gasteiger partial charge in [0.2, 0.25) is 0 Å². The maximum atomic E-state index is 8.89. The maximum Gasteiger partial charge on any atom is 0.0995 e. The van der Waals surface area contributed by atoms with Crippen LogP contribution in [0.25, 0.3) is 0 Å². The van der Waals surface area contributed by atoms with Crippen molar-refractivity contribution < 1.29 is 0 Å². The van der Waals surface area contributed by atoms with E-state index in [1.54, 1.807) is 0 Å². The van der Waals surface area contributed by atoms with Gasteiger partial charge in [0.1, 0.15) is 0 Å². The van der Waals surface area contributed by atoms with Crippen molar-refractivity contribution in [1.82, 2.24) is 0 Å². The van der Waals surface area contributed by atoms with Crippen LogP contribution >= 0.6 is 0 Å². The van der Waals surface area contributed by atoms with Crippen LogP contribution in [0.1, 0.15) is 43.4 Å². The van der Waals surface area contributed by atoms with E-state index >= 15 is 0 Å². The summed E-state index contributed by atoms with van der Waals surface area (Å²) in [5.41, 5.74) is 7.69. The van der Waals surface area contributed by atoms with E-state index in [1.165, 1.54) is 0 Å². The number of nitrogens with zero attached hydrogens (tertiary/aromatic N) is 1. The van der Waals surface area contributed by atoms with Crippen LogP contribution in [-0.4, -0.2) is 0 Å². The second kappa shape index (κ2) is 5.41. The first kappa shape index (κ1) is 10.7. The Morgan fingerprint density at radius 2 is 2.14 bits per heavy atom. The van der Waals surface area contributed by atoms with Crippen LogP contribution in [0.15, 0.2) is 24.3 Å². The summed E-state index contributed by atoms with van der Waals surface area (Å²) < 4.78 is 0. The molecular weight excluding hydrogens is 172 g/mol. The first-order valence-corrected chi connectivity index (χ1v) is 5.04. The largest absolute Gasteiger partial charge is 0.324 e. The molecular formula is C12H16N2. The SMILES string of the molecule is CCCC[C@@H](N)c1ccccc1C#N. The van der Waals surface area contributed by atoms with Gasteiger partial charge in [0.15, 0.2) is 0 Å². The van der Waals surface area contributed by atoms with Gasteiger partial charge in [-0.2, -0.15) is 5.26 Å². The molecule has 0 aliphatic carbocycles. The van der Waals surface area contributed by atoms with Gasteiger partial charge < -0.3 is 5.73 Å². The second-order valence-electron chi connectivity index (χ2n) is 3.45. The van der Waals surface area contributed by atoms with E-state index in [2.05, 4.69) is 13.0 Å². The Bertz CT molecular complexity index is 325. The fourth-order valence-electron chi connectivity index (χ4n) is 1.50. The molecule has 2 N–H and O–H groups in total. The molecule has 0 saturated carbocycles. The van der Waals surface area contributed by atoms with Crippen molar-refractivity contribution in [2.45, 2.75) is 32.2 Å². The molecule has 74 valence electrons. The third kappa shape index (κ3) is 2.58. The smallest absolute Gasteiger partial charge is 0.0995 e. The minimum Gasteiger partial charge on any atom is -0.324 e. The number of unbranched alkanes of at least 4 members (excludes halogenated alkanes) is 1. The number of nitrogens with two attached hydrogens (primary N) is 1. The molecule has 0 aromatic heterocycles. The molecule has 0 aliphatic heterocycles. The first-order chi connectivity index (χ1) is 6.79. The van der Waals surface area contributed by atoms with E-state index in [0.29, 0.717) is 5.56 Å². The predicted molar refractivity (Wildman–Crippen MR) is 57.6 cm³/mol. The minimum absolute atomic E-state index is 0.00537. The first-order valence-electron chi connectivity index (χ1n) is 5.04. The summed E-state index contributed by atoms with van der Waals surface area (Å²) in [7, 11) is 0. The summed E-state index contributed by atoms with van der Waals surface area (Å²) in [6.07, 6.45) is 3.21. The molecule has 0 unspecified atom stereocenters. The standard InChI is InChI=1S/C12H16N2/c1-2-3-8-12(14)11-7-5-4-6-10(11)9-13/h4-7,12H,2-3,8,14H2,1H3/t12-/m1/s1. The number of rotatable bonds is 4. The average molecular weight is 188 g/mol. The van der Waals surface area contributed by atoms with Crippen LogP contribution in [0.3, 0.4) is 0 Å². The topological polar surface area (TPSA) is 49.8 Å². The fraction of sp³-hybridized carbons (Fsp3) is 0.417. The zero-order valence-electron chi connectivity index (χ0n) is 8.53. The normalized spacial score (nSPS) is 12.1. The Morgan fingerprint density at radius 3 is 2.79 bits per heavy atom. The molecule has 0 spiro atoms. The molecule has 14 heavy (non-hydrogen) atoms. The summed E-state index contributed by atoms with van der Waals surface area (Å²) in [6, 6.07) is 9.74. The number of benzene rings is 1. The highest BCUT2D eigenvalue weighted by atomic mass is 14.6. The van der Waals surface area contributed by atoms with Crippen LogP contribution in [0.5, 0.6) is 0 Å². The molecule has 1 rings (SSSR count). The van der Waals surface area contributed by atoms with Gasteiger partial charge in [0, 0.05) is 6.04 Å². The lowest BCUT2D eigenvalue weighted by Gasteiger charge is -2.12. The Balaban J connectivity index is 2.79. The summed E-state index contributed by atoms with van der Waals surface area (Å²) >= 11 is 0. The van der Waals surface area contributed by atoms with Gasteiger partial charge in [-0.25, -0.2) is 0 Å². The Hall–Kier alpha value is -1.33. The van der Waals surface area contributed by atoms with Crippen LogP contribution in [0, 0.1) is 11.3 Å². The lowest BCUT2D eigenvalue weighted by molar-refractivity contribution is 0.602. The molecule has 0 amide bonds. The quantitative estimate of drug-likeness (QED) is 0.789. The van der Waals surface area contributed by atoms with E-state index in [4.69, 9.17) is 11.0 Å².